The minimum atomic E-state index is -0.441. The molecule has 5 aromatic rings. The third-order valence-corrected chi connectivity index (χ3v) is 7.68. The number of nitrogens with zero attached hydrogens (tertiary/aromatic N) is 3. The summed E-state index contributed by atoms with van der Waals surface area (Å²) in [4.78, 5) is 25.6. The third kappa shape index (κ3) is 6.95. The topological polar surface area (TPSA) is 85.5 Å². The summed E-state index contributed by atoms with van der Waals surface area (Å²) in [7, 11) is 0. The van der Waals surface area contributed by atoms with Crippen molar-refractivity contribution >= 4 is 34.1 Å². The minimum Gasteiger partial charge on any atom is -0.492 e. The molecule has 2 heterocycles. The molecule has 0 radical (unpaired) electrons. The number of H-pyrrole nitrogens is 1. The smallest absolute Gasteiger partial charge is 0.323 e. The number of halogens is 1. The number of hydrogen-bond acceptors (Lipinski definition) is 5. The van der Waals surface area contributed by atoms with E-state index in [0.717, 1.165) is 67.3 Å². The van der Waals surface area contributed by atoms with E-state index in [9.17, 15) is 9.18 Å². The van der Waals surface area contributed by atoms with E-state index >= 15 is 0 Å². The van der Waals surface area contributed by atoms with Crippen LogP contribution in [-0.4, -0.2) is 60.2 Å². The van der Waals surface area contributed by atoms with Crippen LogP contribution in [0.15, 0.2) is 91.0 Å². The second kappa shape index (κ2) is 13.0. The standard InChI is InChI=1S/C34H35FN6O2/c1-2-24-6-3-7-25(22-24)33-38-30-10-5-11-31(32(30)39-33)41-18-16-40(17-19-41)20-21-43-29-14-12-27(13-15-29)36-34(42)37-28-9-4-8-26(35)23-28/h3-15,22-23H,2,16-21H2,1H3,(H,38,39)(H2,36,37,42). The number of rotatable bonds is 9. The molecule has 4 aromatic carbocycles. The molecule has 220 valence electrons. The zero-order valence-electron chi connectivity index (χ0n) is 24.1. The lowest BCUT2D eigenvalue weighted by Gasteiger charge is -2.36. The van der Waals surface area contributed by atoms with Crippen molar-refractivity contribution in [2.24, 2.45) is 0 Å². The molecular weight excluding hydrogens is 543 g/mol. The van der Waals surface area contributed by atoms with Gasteiger partial charge in [-0.05, 0) is 72.6 Å². The first-order valence-electron chi connectivity index (χ1n) is 14.7. The van der Waals surface area contributed by atoms with Gasteiger partial charge in [0.25, 0.3) is 0 Å². The van der Waals surface area contributed by atoms with Crippen molar-refractivity contribution in [1.29, 1.82) is 0 Å². The van der Waals surface area contributed by atoms with Gasteiger partial charge >= 0.3 is 6.03 Å². The number of piperazine rings is 1. The first kappa shape index (κ1) is 28.2. The van der Waals surface area contributed by atoms with Crippen molar-refractivity contribution in [3.05, 3.63) is 102 Å². The van der Waals surface area contributed by atoms with Crippen LogP contribution in [0.5, 0.6) is 5.75 Å². The summed E-state index contributed by atoms with van der Waals surface area (Å²) in [5.41, 5.74) is 6.66. The number of aromatic amines is 1. The number of nitrogens with one attached hydrogen (secondary N) is 3. The number of urea groups is 1. The Labute approximate surface area is 250 Å². The Hall–Kier alpha value is -4.89. The van der Waals surface area contributed by atoms with Crippen molar-refractivity contribution in [3.8, 4) is 17.1 Å². The van der Waals surface area contributed by atoms with Crippen LogP contribution >= 0.6 is 0 Å². The molecule has 1 saturated heterocycles. The van der Waals surface area contributed by atoms with E-state index in [2.05, 4.69) is 74.8 Å². The van der Waals surface area contributed by atoms with E-state index in [1.165, 1.54) is 23.4 Å². The highest BCUT2D eigenvalue weighted by Gasteiger charge is 2.20. The van der Waals surface area contributed by atoms with Gasteiger partial charge in [-0.2, -0.15) is 0 Å². The van der Waals surface area contributed by atoms with Crippen molar-refractivity contribution in [1.82, 2.24) is 14.9 Å². The summed E-state index contributed by atoms with van der Waals surface area (Å²) in [6, 6.07) is 27.4. The Kier molecular flexibility index (Phi) is 8.51. The normalized spacial score (nSPS) is 13.7. The Morgan fingerprint density at radius 1 is 0.907 bits per heavy atom. The van der Waals surface area contributed by atoms with Gasteiger partial charge in [-0.1, -0.05) is 37.3 Å². The number of aryl methyl sites for hydroxylation is 1. The molecule has 1 aliphatic rings. The maximum absolute atomic E-state index is 13.3. The van der Waals surface area contributed by atoms with Gasteiger partial charge in [-0.25, -0.2) is 14.2 Å². The Morgan fingerprint density at radius 2 is 1.67 bits per heavy atom. The van der Waals surface area contributed by atoms with Crippen LogP contribution in [0.3, 0.4) is 0 Å². The molecule has 0 bridgehead atoms. The molecule has 0 unspecified atom stereocenters. The summed E-state index contributed by atoms with van der Waals surface area (Å²) in [5, 5.41) is 5.36. The van der Waals surface area contributed by atoms with Gasteiger partial charge in [0.1, 0.15) is 29.5 Å². The third-order valence-electron chi connectivity index (χ3n) is 7.68. The minimum absolute atomic E-state index is 0.388. The van der Waals surface area contributed by atoms with Crippen LogP contribution in [0.25, 0.3) is 22.4 Å². The molecular formula is C34H35FN6O2. The van der Waals surface area contributed by atoms with E-state index in [0.29, 0.717) is 18.0 Å². The average Bonchev–Trinajstić information content (AvgIpc) is 3.47. The number of fused-ring (bicyclic) bond motifs is 1. The zero-order chi connectivity index (χ0) is 29.6. The van der Waals surface area contributed by atoms with Gasteiger partial charge in [0.2, 0.25) is 0 Å². The van der Waals surface area contributed by atoms with Crippen LogP contribution in [0.1, 0.15) is 12.5 Å². The van der Waals surface area contributed by atoms with Crippen LogP contribution in [0.4, 0.5) is 26.2 Å². The molecule has 0 aliphatic carbocycles. The number of carbonyl (C=O) groups excluding carboxylic acids is 1. The summed E-state index contributed by atoms with van der Waals surface area (Å²) >= 11 is 0. The van der Waals surface area contributed by atoms with Crippen molar-refractivity contribution in [2.45, 2.75) is 13.3 Å². The van der Waals surface area contributed by atoms with Gasteiger partial charge < -0.3 is 25.3 Å². The highest BCUT2D eigenvalue weighted by molar-refractivity contribution is 5.99. The number of imidazole rings is 1. The van der Waals surface area contributed by atoms with Crippen LogP contribution in [0.2, 0.25) is 0 Å². The molecule has 1 aromatic heterocycles. The summed E-state index contributed by atoms with van der Waals surface area (Å²) in [6.07, 6.45) is 0.999. The fourth-order valence-corrected chi connectivity index (χ4v) is 5.35. The predicted molar refractivity (Wildman–Crippen MR) is 171 cm³/mol. The van der Waals surface area contributed by atoms with Crippen molar-refractivity contribution in [3.63, 3.8) is 0 Å². The largest absolute Gasteiger partial charge is 0.492 e. The first-order chi connectivity index (χ1) is 21.0. The molecule has 1 aliphatic heterocycles. The number of aromatic nitrogens is 2. The zero-order valence-corrected chi connectivity index (χ0v) is 24.1. The fraction of sp³-hybridized carbons (Fsp3) is 0.235. The molecule has 2 amide bonds. The van der Waals surface area contributed by atoms with E-state index in [4.69, 9.17) is 9.72 Å². The number of carbonyl (C=O) groups is 1. The SMILES string of the molecule is CCc1cccc(-c2nc3c(N4CCN(CCOc5ccc(NC(=O)Nc6cccc(F)c6)cc5)CC4)cccc3[nH]2)c1. The Bertz CT molecular complexity index is 1700. The van der Waals surface area contributed by atoms with E-state index < -0.39 is 11.8 Å². The van der Waals surface area contributed by atoms with Crippen molar-refractivity contribution < 1.29 is 13.9 Å². The maximum Gasteiger partial charge on any atom is 0.323 e. The summed E-state index contributed by atoms with van der Waals surface area (Å²) < 4.78 is 19.3. The molecule has 9 heteroatoms. The second-order valence-corrected chi connectivity index (χ2v) is 10.6. The number of benzene rings is 4. The lowest BCUT2D eigenvalue weighted by atomic mass is 10.1. The van der Waals surface area contributed by atoms with Gasteiger partial charge in [-0.15, -0.1) is 0 Å². The van der Waals surface area contributed by atoms with Crippen molar-refractivity contribution in [2.75, 3.05) is 54.9 Å². The van der Waals surface area contributed by atoms with E-state index in [-0.39, 0.29) is 0 Å². The second-order valence-electron chi connectivity index (χ2n) is 10.6. The monoisotopic (exact) mass is 578 g/mol. The van der Waals surface area contributed by atoms with Gasteiger partial charge in [0.05, 0.1) is 11.2 Å². The highest BCUT2D eigenvalue weighted by atomic mass is 19.1. The maximum atomic E-state index is 13.3. The fourth-order valence-electron chi connectivity index (χ4n) is 5.35. The first-order valence-corrected chi connectivity index (χ1v) is 14.7. The molecule has 3 N–H and O–H groups in total. The number of amides is 2. The quantitative estimate of drug-likeness (QED) is 0.180. The molecule has 8 nitrogen and oxygen atoms in total. The Morgan fingerprint density at radius 3 is 2.47 bits per heavy atom. The van der Waals surface area contributed by atoms with Crippen LogP contribution in [-0.2, 0) is 6.42 Å². The number of anilines is 3. The van der Waals surface area contributed by atoms with Crippen LogP contribution in [0, 0.1) is 5.82 Å². The highest BCUT2D eigenvalue weighted by Crippen LogP contribution is 2.29. The summed E-state index contributed by atoms with van der Waals surface area (Å²) in [6.45, 7) is 7.30. The van der Waals surface area contributed by atoms with Gasteiger partial charge in [0.15, 0.2) is 0 Å². The van der Waals surface area contributed by atoms with E-state index in [1.807, 2.05) is 12.1 Å². The number of hydrogen-bond donors (Lipinski definition) is 3. The lowest BCUT2D eigenvalue weighted by Crippen LogP contribution is -2.47. The van der Waals surface area contributed by atoms with Gasteiger partial charge in [0, 0.05) is 49.7 Å². The summed E-state index contributed by atoms with van der Waals surface area (Å²) in [5.74, 6) is 1.24. The number of ether oxygens (including phenoxy) is 1. The van der Waals surface area contributed by atoms with Gasteiger partial charge in [-0.3, -0.25) is 4.90 Å². The molecule has 0 saturated carbocycles. The molecule has 0 atom stereocenters. The van der Waals surface area contributed by atoms with E-state index in [1.54, 1.807) is 24.3 Å². The molecule has 6 rings (SSSR count). The Balaban J connectivity index is 0.975. The molecule has 1 fully saturated rings. The average molecular weight is 579 g/mol. The number of para-hydroxylation sites is 1. The molecule has 0 spiro atoms. The van der Waals surface area contributed by atoms with Crippen LogP contribution < -0.4 is 20.3 Å². The molecule has 43 heavy (non-hydrogen) atoms. The predicted octanol–water partition coefficient (Wildman–Crippen LogP) is 6.78. The lowest BCUT2D eigenvalue weighted by molar-refractivity contribution is 0.200.